The van der Waals surface area contributed by atoms with Crippen LogP contribution in [0.1, 0.15) is 25.2 Å². The monoisotopic (exact) mass is 548 g/mol. The third kappa shape index (κ3) is 5.98. The number of aromatic nitrogens is 2. The van der Waals surface area contributed by atoms with E-state index in [9.17, 15) is 9.59 Å². The smallest absolute Gasteiger partial charge is 0.282 e. The highest BCUT2D eigenvalue weighted by Crippen LogP contribution is 2.28. The Morgan fingerprint density at radius 2 is 1.86 bits per heavy atom. The van der Waals surface area contributed by atoms with Crippen molar-refractivity contribution in [2.45, 2.75) is 20.3 Å². The summed E-state index contributed by atoms with van der Waals surface area (Å²) in [5.41, 5.74) is 1.77. The summed E-state index contributed by atoms with van der Waals surface area (Å²) in [6, 6.07) is 19.8. The van der Waals surface area contributed by atoms with Gasteiger partial charge in [0, 0.05) is 16.6 Å². The largest absolute Gasteiger partial charge is 0.490 e. The maximum atomic E-state index is 13.1. The van der Waals surface area contributed by atoms with Crippen molar-refractivity contribution in [2.75, 3.05) is 18.5 Å². The van der Waals surface area contributed by atoms with Crippen LogP contribution in [0.15, 0.2) is 81.1 Å². The maximum absolute atomic E-state index is 13.1. The van der Waals surface area contributed by atoms with Crippen molar-refractivity contribution >= 4 is 44.6 Å². The molecule has 1 heterocycles. The zero-order valence-corrected chi connectivity index (χ0v) is 21.5. The normalized spacial score (nSPS) is 11.1. The van der Waals surface area contributed by atoms with E-state index in [0.717, 1.165) is 4.47 Å². The van der Waals surface area contributed by atoms with E-state index in [0.29, 0.717) is 52.5 Å². The predicted octanol–water partition coefficient (Wildman–Crippen LogP) is 5.02. The first kappa shape index (κ1) is 25.1. The zero-order valence-electron chi connectivity index (χ0n) is 19.9. The average molecular weight is 549 g/mol. The standard InChI is InChI=1S/C27H25BrN4O4/c1-3-25-31-22-12-11-19(28)15-21(22)27(34)32(25)29-16-18-10-13-23(24(14-18)35-4-2)36-17-26(33)30-20-8-6-5-7-9-20/h5-16H,3-4,17H2,1-2H3,(H,30,33). The fourth-order valence-corrected chi connectivity index (χ4v) is 3.88. The van der Waals surface area contributed by atoms with Crippen molar-refractivity contribution in [3.05, 3.63) is 92.9 Å². The molecule has 0 unspecified atom stereocenters. The summed E-state index contributed by atoms with van der Waals surface area (Å²) in [7, 11) is 0. The lowest BCUT2D eigenvalue weighted by Crippen LogP contribution is -2.22. The number of aryl methyl sites for hydroxylation is 1. The highest BCUT2D eigenvalue weighted by Gasteiger charge is 2.11. The number of benzene rings is 3. The molecule has 1 N–H and O–H groups in total. The maximum Gasteiger partial charge on any atom is 0.282 e. The highest BCUT2D eigenvalue weighted by molar-refractivity contribution is 9.10. The summed E-state index contributed by atoms with van der Waals surface area (Å²) in [5, 5.41) is 7.68. The SMILES string of the molecule is CCOc1cc(C=Nn2c(CC)nc3ccc(Br)cc3c2=O)ccc1OCC(=O)Nc1ccccc1. The van der Waals surface area contributed by atoms with Crippen LogP contribution in [-0.2, 0) is 11.2 Å². The van der Waals surface area contributed by atoms with Crippen LogP contribution < -0.4 is 20.3 Å². The van der Waals surface area contributed by atoms with Crippen LogP contribution in [0.4, 0.5) is 5.69 Å². The van der Waals surface area contributed by atoms with E-state index in [-0.39, 0.29) is 18.1 Å². The fraction of sp³-hybridized carbons (Fsp3) is 0.185. The van der Waals surface area contributed by atoms with Gasteiger partial charge >= 0.3 is 0 Å². The molecule has 36 heavy (non-hydrogen) atoms. The molecule has 0 fully saturated rings. The van der Waals surface area contributed by atoms with Gasteiger partial charge in [-0.25, -0.2) is 4.98 Å². The molecule has 0 saturated heterocycles. The minimum absolute atomic E-state index is 0.171. The molecule has 184 valence electrons. The molecule has 0 atom stereocenters. The summed E-state index contributed by atoms with van der Waals surface area (Å²) in [6.45, 7) is 4.02. The Kier molecular flexibility index (Phi) is 8.12. The zero-order chi connectivity index (χ0) is 25.5. The molecule has 1 aromatic heterocycles. The molecule has 8 nitrogen and oxygen atoms in total. The van der Waals surface area contributed by atoms with Crippen LogP contribution in [0.25, 0.3) is 10.9 Å². The van der Waals surface area contributed by atoms with Crippen molar-refractivity contribution in [1.82, 2.24) is 9.66 Å². The van der Waals surface area contributed by atoms with E-state index in [1.165, 1.54) is 4.68 Å². The number of amides is 1. The Bertz CT molecular complexity index is 1470. The summed E-state index contributed by atoms with van der Waals surface area (Å²) >= 11 is 3.40. The van der Waals surface area contributed by atoms with Gasteiger partial charge in [-0.05, 0) is 61.0 Å². The Morgan fingerprint density at radius 1 is 1.06 bits per heavy atom. The van der Waals surface area contributed by atoms with Gasteiger partial charge in [0.2, 0.25) is 0 Å². The lowest BCUT2D eigenvalue weighted by molar-refractivity contribution is -0.118. The molecule has 9 heteroatoms. The molecule has 0 saturated carbocycles. The molecule has 0 radical (unpaired) electrons. The number of para-hydroxylation sites is 1. The molecule has 1 amide bonds. The summed E-state index contributed by atoms with van der Waals surface area (Å²) in [5.74, 6) is 1.18. The van der Waals surface area contributed by atoms with E-state index in [4.69, 9.17) is 9.47 Å². The number of carbonyl (C=O) groups is 1. The Labute approximate surface area is 216 Å². The van der Waals surface area contributed by atoms with Gasteiger partial charge in [0.05, 0.1) is 23.7 Å². The van der Waals surface area contributed by atoms with Gasteiger partial charge in [-0.2, -0.15) is 9.78 Å². The number of ether oxygens (including phenoxy) is 2. The Morgan fingerprint density at radius 3 is 2.61 bits per heavy atom. The van der Waals surface area contributed by atoms with E-state index in [1.54, 1.807) is 48.7 Å². The third-order valence-electron chi connectivity index (χ3n) is 5.20. The average Bonchev–Trinajstić information content (AvgIpc) is 2.88. The number of halogens is 1. The van der Waals surface area contributed by atoms with Gasteiger partial charge in [-0.1, -0.05) is 41.1 Å². The molecule has 0 aliphatic heterocycles. The second kappa shape index (κ2) is 11.6. The van der Waals surface area contributed by atoms with Gasteiger partial charge in [-0.15, -0.1) is 0 Å². The van der Waals surface area contributed by atoms with Gasteiger partial charge in [-0.3, -0.25) is 9.59 Å². The number of fused-ring (bicyclic) bond motifs is 1. The Hall–Kier alpha value is -3.98. The molecule has 0 aliphatic rings. The fourth-order valence-electron chi connectivity index (χ4n) is 3.52. The minimum Gasteiger partial charge on any atom is -0.490 e. The van der Waals surface area contributed by atoms with Crippen molar-refractivity contribution in [2.24, 2.45) is 5.10 Å². The number of anilines is 1. The molecule has 3 aromatic carbocycles. The number of hydrogen-bond donors (Lipinski definition) is 1. The number of rotatable bonds is 9. The van der Waals surface area contributed by atoms with Gasteiger partial charge in [0.25, 0.3) is 11.5 Å². The second-order valence-corrected chi connectivity index (χ2v) is 8.66. The van der Waals surface area contributed by atoms with Crippen molar-refractivity contribution < 1.29 is 14.3 Å². The molecule has 4 aromatic rings. The van der Waals surface area contributed by atoms with Crippen molar-refractivity contribution in [1.29, 1.82) is 0 Å². The third-order valence-corrected chi connectivity index (χ3v) is 5.69. The lowest BCUT2D eigenvalue weighted by atomic mass is 10.2. The highest BCUT2D eigenvalue weighted by atomic mass is 79.9. The van der Waals surface area contributed by atoms with Crippen molar-refractivity contribution in [3.63, 3.8) is 0 Å². The number of hydrogen-bond acceptors (Lipinski definition) is 6. The van der Waals surface area contributed by atoms with E-state index in [1.807, 2.05) is 38.1 Å². The molecule has 0 spiro atoms. The van der Waals surface area contributed by atoms with E-state index < -0.39 is 0 Å². The summed E-state index contributed by atoms with van der Waals surface area (Å²) in [4.78, 5) is 29.9. The molecule has 0 aliphatic carbocycles. The van der Waals surface area contributed by atoms with Gasteiger partial charge < -0.3 is 14.8 Å². The number of carbonyl (C=O) groups excluding carboxylic acids is 1. The lowest BCUT2D eigenvalue weighted by Gasteiger charge is -2.13. The first-order valence-electron chi connectivity index (χ1n) is 11.5. The first-order valence-corrected chi connectivity index (χ1v) is 12.3. The van der Waals surface area contributed by atoms with Gasteiger partial charge in [0.1, 0.15) is 5.82 Å². The van der Waals surface area contributed by atoms with E-state index >= 15 is 0 Å². The topological polar surface area (TPSA) is 94.8 Å². The molecular formula is C27H25BrN4O4. The van der Waals surface area contributed by atoms with Crippen LogP contribution in [0.3, 0.4) is 0 Å². The van der Waals surface area contributed by atoms with Crippen molar-refractivity contribution in [3.8, 4) is 11.5 Å². The Balaban J connectivity index is 1.55. The van der Waals surface area contributed by atoms with E-state index in [2.05, 4.69) is 31.3 Å². The number of nitrogens with one attached hydrogen (secondary N) is 1. The molecular weight excluding hydrogens is 524 g/mol. The van der Waals surface area contributed by atoms with Crippen LogP contribution in [0.2, 0.25) is 0 Å². The number of nitrogens with zero attached hydrogens (tertiary/aromatic N) is 3. The quantitative estimate of drug-likeness (QED) is 0.296. The van der Waals surface area contributed by atoms with Crippen LogP contribution in [0, 0.1) is 0 Å². The molecule has 4 rings (SSSR count). The summed E-state index contributed by atoms with van der Waals surface area (Å²) < 4.78 is 13.5. The first-order chi connectivity index (χ1) is 17.5. The van der Waals surface area contributed by atoms with Gasteiger partial charge in [0.15, 0.2) is 18.1 Å². The second-order valence-electron chi connectivity index (χ2n) is 7.75. The van der Waals surface area contributed by atoms with Crippen LogP contribution in [0.5, 0.6) is 11.5 Å². The molecule has 0 bridgehead atoms. The van der Waals surface area contributed by atoms with Crippen LogP contribution in [-0.4, -0.2) is 35.0 Å². The minimum atomic E-state index is -0.281. The predicted molar refractivity (Wildman–Crippen MR) is 144 cm³/mol. The van der Waals surface area contributed by atoms with Crippen LogP contribution >= 0.6 is 15.9 Å². The summed E-state index contributed by atoms with van der Waals surface area (Å²) in [6.07, 6.45) is 2.11.